The summed E-state index contributed by atoms with van der Waals surface area (Å²) in [4.78, 5) is 22.9. The molecule has 1 aromatic heterocycles. The van der Waals surface area contributed by atoms with Crippen molar-refractivity contribution < 1.29 is 9.18 Å². The van der Waals surface area contributed by atoms with Crippen molar-refractivity contribution in [2.45, 2.75) is 19.8 Å². The van der Waals surface area contributed by atoms with E-state index in [0.29, 0.717) is 18.0 Å². The van der Waals surface area contributed by atoms with Crippen molar-refractivity contribution in [1.82, 2.24) is 15.3 Å². The Bertz CT molecular complexity index is 1010. The fraction of sp³-hybridized carbons (Fsp3) is 0.318. The maximum absolute atomic E-state index is 14.1. The predicted octanol–water partition coefficient (Wildman–Crippen LogP) is 4.12. The number of hydrogen-bond acceptors (Lipinski definition) is 4. The van der Waals surface area contributed by atoms with Crippen molar-refractivity contribution in [3.63, 3.8) is 0 Å². The summed E-state index contributed by atoms with van der Waals surface area (Å²) in [6.07, 6.45) is 3.43. The lowest BCUT2D eigenvalue weighted by Gasteiger charge is -2.34. The summed E-state index contributed by atoms with van der Waals surface area (Å²) in [5.74, 6) is 0.712. The van der Waals surface area contributed by atoms with Gasteiger partial charge in [-0.25, -0.2) is 19.2 Å². The van der Waals surface area contributed by atoms with E-state index in [1.165, 1.54) is 12.4 Å². The van der Waals surface area contributed by atoms with Crippen LogP contribution in [0.25, 0.3) is 10.9 Å². The van der Waals surface area contributed by atoms with Gasteiger partial charge in [0, 0.05) is 30.7 Å². The standard InChI is InChI=1S/C22H24FN5O/c1-15-7-9-17(10-8-15)27-22(29)24-12-16-4-3-11-28(13-16)21-18-5-2-6-19(23)20(18)25-14-26-21/h2,5-10,14,16H,3-4,11-13H2,1H3,(H2,24,27,29). The quantitative estimate of drug-likeness (QED) is 0.700. The first-order valence-corrected chi connectivity index (χ1v) is 9.86. The van der Waals surface area contributed by atoms with E-state index >= 15 is 0 Å². The van der Waals surface area contributed by atoms with Gasteiger partial charge in [-0.3, -0.25) is 0 Å². The molecule has 2 aromatic carbocycles. The molecule has 1 aliphatic rings. The van der Waals surface area contributed by atoms with E-state index in [-0.39, 0.29) is 11.8 Å². The summed E-state index contributed by atoms with van der Waals surface area (Å²) in [5.41, 5.74) is 2.26. The molecule has 0 saturated carbocycles. The molecule has 2 N–H and O–H groups in total. The predicted molar refractivity (Wildman–Crippen MR) is 113 cm³/mol. The van der Waals surface area contributed by atoms with Crippen LogP contribution in [0.2, 0.25) is 0 Å². The third-order valence-corrected chi connectivity index (χ3v) is 5.27. The van der Waals surface area contributed by atoms with Gasteiger partial charge in [0.05, 0.1) is 0 Å². The fourth-order valence-electron chi connectivity index (χ4n) is 3.76. The monoisotopic (exact) mass is 393 g/mol. The maximum atomic E-state index is 14.1. The Morgan fingerprint density at radius 1 is 1.21 bits per heavy atom. The molecule has 1 saturated heterocycles. The number of nitrogens with one attached hydrogen (secondary N) is 2. The van der Waals surface area contributed by atoms with Crippen LogP contribution in [-0.4, -0.2) is 35.6 Å². The second-order valence-corrected chi connectivity index (χ2v) is 7.49. The normalized spacial score (nSPS) is 16.6. The topological polar surface area (TPSA) is 70.2 Å². The minimum absolute atomic E-state index is 0.208. The molecule has 6 nitrogen and oxygen atoms in total. The first-order chi connectivity index (χ1) is 14.1. The molecule has 2 amide bonds. The number of rotatable bonds is 4. The van der Waals surface area contributed by atoms with E-state index in [1.807, 2.05) is 37.3 Å². The molecule has 1 unspecified atom stereocenters. The zero-order chi connectivity index (χ0) is 20.2. The minimum atomic E-state index is -0.339. The summed E-state index contributed by atoms with van der Waals surface area (Å²) < 4.78 is 14.1. The van der Waals surface area contributed by atoms with Gasteiger partial charge in [0.25, 0.3) is 0 Å². The Morgan fingerprint density at radius 2 is 2.03 bits per heavy atom. The van der Waals surface area contributed by atoms with E-state index in [9.17, 15) is 9.18 Å². The largest absolute Gasteiger partial charge is 0.356 e. The molecule has 7 heteroatoms. The van der Waals surface area contributed by atoms with Gasteiger partial charge in [-0.1, -0.05) is 23.8 Å². The summed E-state index contributed by atoms with van der Waals surface area (Å²) >= 11 is 0. The van der Waals surface area contributed by atoms with E-state index in [2.05, 4.69) is 25.5 Å². The number of fused-ring (bicyclic) bond motifs is 1. The molecule has 0 aliphatic carbocycles. The second kappa shape index (κ2) is 8.43. The zero-order valence-electron chi connectivity index (χ0n) is 16.4. The van der Waals surface area contributed by atoms with E-state index in [0.717, 1.165) is 48.4 Å². The number of nitrogens with zero attached hydrogens (tertiary/aromatic N) is 3. The molecule has 0 radical (unpaired) electrons. The van der Waals surface area contributed by atoms with Crippen molar-refractivity contribution in [2.75, 3.05) is 29.9 Å². The second-order valence-electron chi connectivity index (χ2n) is 7.49. The number of halogens is 1. The number of urea groups is 1. The maximum Gasteiger partial charge on any atom is 0.319 e. The van der Waals surface area contributed by atoms with Crippen LogP contribution in [0.15, 0.2) is 48.8 Å². The van der Waals surface area contributed by atoms with Crippen molar-refractivity contribution in [1.29, 1.82) is 0 Å². The van der Waals surface area contributed by atoms with Crippen molar-refractivity contribution >= 4 is 28.4 Å². The van der Waals surface area contributed by atoms with Crippen LogP contribution in [0.5, 0.6) is 0 Å². The zero-order valence-corrected chi connectivity index (χ0v) is 16.4. The molecule has 2 heterocycles. The Labute approximate surface area is 169 Å². The Kier molecular flexibility index (Phi) is 5.55. The van der Waals surface area contributed by atoms with Crippen molar-refractivity contribution in [2.24, 2.45) is 5.92 Å². The number of para-hydroxylation sites is 1. The molecule has 0 bridgehead atoms. The number of amides is 2. The van der Waals surface area contributed by atoms with Crippen LogP contribution in [-0.2, 0) is 0 Å². The summed E-state index contributed by atoms with van der Waals surface area (Å²) in [5, 5.41) is 6.54. The highest BCUT2D eigenvalue weighted by Gasteiger charge is 2.23. The highest BCUT2D eigenvalue weighted by molar-refractivity contribution is 5.90. The Balaban J connectivity index is 1.38. The summed E-state index contributed by atoms with van der Waals surface area (Å²) in [7, 11) is 0. The van der Waals surface area contributed by atoms with Gasteiger partial charge in [0.2, 0.25) is 0 Å². The van der Waals surface area contributed by atoms with Crippen LogP contribution in [0, 0.1) is 18.7 Å². The molecule has 4 rings (SSSR count). The highest BCUT2D eigenvalue weighted by Crippen LogP contribution is 2.28. The molecular weight excluding hydrogens is 369 g/mol. The smallest absolute Gasteiger partial charge is 0.319 e. The van der Waals surface area contributed by atoms with Crippen molar-refractivity contribution in [3.8, 4) is 0 Å². The molecule has 0 spiro atoms. The van der Waals surface area contributed by atoms with Gasteiger partial charge in [-0.2, -0.15) is 0 Å². The van der Waals surface area contributed by atoms with Crippen LogP contribution in [0.1, 0.15) is 18.4 Å². The average Bonchev–Trinajstić information content (AvgIpc) is 2.74. The summed E-state index contributed by atoms with van der Waals surface area (Å²) in [6.45, 7) is 4.20. The average molecular weight is 393 g/mol. The molecule has 3 aromatic rings. The lowest BCUT2D eigenvalue weighted by Crippen LogP contribution is -2.42. The third-order valence-electron chi connectivity index (χ3n) is 5.27. The first kappa shape index (κ1) is 19.1. The van der Waals surface area contributed by atoms with E-state index in [4.69, 9.17) is 0 Å². The number of carbonyl (C=O) groups excluding carboxylic acids is 1. The van der Waals surface area contributed by atoms with Gasteiger partial charge in [-0.15, -0.1) is 0 Å². The van der Waals surface area contributed by atoms with Crippen LogP contribution in [0.4, 0.5) is 20.7 Å². The van der Waals surface area contributed by atoms with E-state index in [1.54, 1.807) is 6.07 Å². The van der Waals surface area contributed by atoms with Gasteiger partial charge in [0.15, 0.2) is 0 Å². The van der Waals surface area contributed by atoms with Gasteiger partial charge in [0.1, 0.15) is 23.5 Å². The van der Waals surface area contributed by atoms with Crippen LogP contribution >= 0.6 is 0 Å². The van der Waals surface area contributed by atoms with Crippen molar-refractivity contribution in [3.05, 3.63) is 60.2 Å². The number of piperidine rings is 1. The third kappa shape index (κ3) is 4.45. The lowest BCUT2D eigenvalue weighted by molar-refractivity contribution is 0.249. The number of aromatic nitrogens is 2. The molecule has 150 valence electrons. The number of aryl methyl sites for hydroxylation is 1. The number of anilines is 2. The Hall–Kier alpha value is -3.22. The first-order valence-electron chi connectivity index (χ1n) is 9.86. The van der Waals surface area contributed by atoms with Crippen LogP contribution in [0.3, 0.4) is 0 Å². The van der Waals surface area contributed by atoms with Gasteiger partial charge in [-0.05, 0) is 49.9 Å². The molecule has 1 aliphatic heterocycles. The Morgan fingerprint density at radius 3 is 2.86 bits per heavy atom. The van der Waals surface area contributed by atoms with Gasteiger partial charge >= 0.3 is 6.03 Å². The SMILES string of the molecule is Cc1ccc(NC(=O)NCC2CCCN(c3ncnc4c(F)cccc34)C2)cc1. The molecular formula is C22H24FN5O. The van der Waals surface area contributed by atoms with Gasteiger partial charge < -0.3 is 15.5 Å². The highest BCUT2D eigenvalue weighted by atomic mass is 19.1. The number of benzene rings is 2. The molecule has 29 heavy (non-hydrogen) atoms. The minimum Gasteiger partial charge on any atom is -0.356 e. The number of hydrogen-bond donors (Lipinski definition) is 2. The molecule has 1 atom stereocenters. The summed E-state index contributed by atoms with van der Waals surface area (Å²) in [6, 6.07) is 12.4. The lowest BCUT2D eigenvalue weighted by atomic mass is 9.97. The molecule has 1 fully saturated rings. The number of carbonyl (C=O) groups is 1. The fourth-order valence-corrected chi connectivity index (χ4v) is 3.76. The van der Waals surface area contributed by atoms with Crippen LogP contribution < -0.4 is 15.5 Å². The van der Waals surface area contributed by atoms with E-state index < -0.39 is 0 Å².